The Morgan fingerprint density at radius 3 is 2.65 bits per heavy atom. The number of rotatable bonds is 10. The van der Waals surface area contributed by atoms with Gasteiger partial charge in [0.25, 0.3) is 5.91 Å². The Hall–Kier alpha value is -4.83. The summed E-state index contributed by atoms with van der Waals surface area (Å²) >= 11 is 1.30. The van der Waals surface area contributed by atoms with Crippen molar-refractivity contribution >= 4 is 40.3 Å². The van der Waals surface area contributed by atoms with Gasteiger partial charge < -0.3 is 15.2 Å². The molecule has 40 heavy (non-hydrogen) atoms. The maximum absolute atomic E-state index is 12.8. The van der Waals surface area contributed by atoms with Gasteiger partial charge in [-0.1, -0.05) is 66.4 Å². The predicted molar refractivity (Wildman–Crippen MR) is 158 cm³/mol. The highest BCUT2D eigenvalue weighted by Crippen LogP contribution is 2.28. The molecule has 5 aromatic rings. The summed E-state index contributed by atoms with van der Waals surface area (Å²) in [7, 11) is 1.47. The van der Waals surface area contributed by atoms with E-state index in [1.807, 2.05) is 59.2 Å². The topological polar surface area (TPSA) is 114 Å². The van der Waals surface area contributed by atoms with Crippen molar-refractivity contribution in [1.29, 1.82) is 0 Å². The lowest BCUT2D eigenvalue weighted by molar-refractivity contribution is -0.120. The zero-order valence-corrected chi connectivity index (χ0v) is 22.8. The van der Waals surface area contributed by atoms with Gasteiger partial charge >= 0.3 is 0 Å². The van der Waals surface area contributed by atoms with Crippen LogP contribution in [-0.4, -0.2) is 44.4 Å². The zero-order valence-electron chi connectivity index (χ0n) is 22.0. The number of thioether (sulfide) groups is 1. The molecule has 0 aliphatic heterocycles. The fourth-order valence-corrected chi connectivity index (χ4v) is 5.01. The Morgan fingerprint density at radius 1 is 1.05 bits per heavy atom. The molecule has 5 rings (SSSR count). The van der Waals surface area contributed by atoms with Gasteiger partial charge in [-0.25, -0.2) is 5.43 Å². The van der Waals surface area contributed by atoms with Crippen molar-refractivity contribution in [2.75, 3.05) is 12.4 Å². The first-order chi connectivity index (χ1) is 19.5. The number of methoxy groups -OCH3 is 1. The molecule has 1 aromatic heterocycles. The molecule has 0 unspecified atom stereocenters. The lowest BCUT2D eigenvalue weighted by atomic mass is 10.1. The highest BCUT2D eigenvalue weighted by molar-refractivity contribution is 8.00. The molecule has 1 heterocycles. The van der Waals surface area contributed by atoms with Gasteiger partial charge in [-0.15, -0.1) is 10.2 Å². The molecule has 9 nitrogen and oxygen atoms in total. The normalized spacial score (nSPS) is 11.9. The lowest BCUT2D eigenvalue weighted by Crippen LogP contribution is -2.27. The molecule has 4 aromatic carbocycles. The van der Waals surface area contributed by atoms with Gasteiger partial charge in [-0.3, -0.25) is 9.36 Å². The summed E-state index contributed by atoms with van der Waals surface area (Å²) in [6, 6.07) is 29.0. The van der Waals surface area contributed by atoms with E-state index in [4.69, 9.17) is 4.74 Å². The molecule has 1 atom stereocenters. The van der Waals surface area contributed by atoms with Gasteiger partial charge in [0.15, 0.2) is 22.5 Å². The lowest BCUT2D eigenvalue weighted by Gasteiger charge is -2.14. The number of fused-ring (bicyclic) bond motifs is 1. The first-order valence-corrected chi connectivity index (χ1v) is 13.5. The van der Waals surface area contributed by atoms with Crippen LogP contribution in [0.2, 0.25) is 0 Å². The third-order valence-electron chi connectivity index (χ3n) is 6.18. The fraction of sp³-hybridized carbons (Fsp3) is 0.133. The predicted octanol–water partition coefficient (Wildman–Crippen LogP) is 5.38. The number of hydrazone groups is 1. The molecule has 10 heteroatoms. The number of hydrogen-bond donors (Lipinski definition) is 3. The minimum Gasteiger partial charge on any atom is -0.504 e. The number of hydrogen-bond acceptors (Lipinski definition) is 8. The molecule has 0 saturated heterocycles. The van der Waals surface area contributed by atoms with Crippen molar-refractivity contribution in [3.63, 3.8) is 0 Å². The van der Waals surface area contributed by atoms with Gasteiger partial charge in [0.1, 0.15) is 0 Å². The van der Waals surface area contributed by atoms with Crippen LogP contribution < -0.4 is 15.5 Å². The number of aromatic nitrogens is 3. The van der Waals surface area contributed by atoms with Crippen LogP contribution in [0, 0.1) is 0 Å². The number of ether oxygens (including phenoxy) is 1. The minimum atomic E-state index is -0.503. The maximum atomic E-state index is 12.8. The van der Waals surface area contributed by atoms with Crippen LogP contribution >= 0.6 is 11.8 Å². The largest absolute Gasteiger partial charge is 0.504 e. The molecule has 3 N–H and O–H groups in total. The van der Waals surface area contributed by atoms with Crippen LogP contribution in [0.3, 0.4) is 0 Å². The molecule has 0 aliphatic rings. The van der Waals surface area contributed by atoms with Crippen molar-refractivity contribution in [2.45, 2.75) is 23.9 Å². The second kappa shape index (κ2) is 12.4. The van der Waals surface area contributed by atoms with Crippen LogP contribution in [0.5, 0.6) is 11.5 Å². The van der Waals surface area contributed by atoms with E-state index in [-0.39, 0.29) is 11.7 Å². The second-order valence-electron chi connectivity index (χ2n) is 8.88. The van der Waals surface area contributed by atoms with Crippen molar-refractivity contribution in [3.8, 4) is 17.2 Å². The monoisotopic (exact) mass is 552 g/mol. The molecular weight excluding hydrogens is 524 g/mol. The first kappa shape index (κ1) is 26.8. The number of carbonyl (C=O) groups is 1. The number of benzene rings is 4. The minimum absolute atomic E-state index is 0.0305. The maximum Gasteiger partial charge on any atom is 0.253 e. The molecule has 0 spiro atoms. The number of phenols is 1. The SMILES string of the molecule is COc1cc(/C=N\NC(=O)[C@@H](C)Sc2nnc(CNc3cccc4ccccc34)n2-c2ccccc2)ccc1O. The zero-order chi connectivity index (χ0) is 27.9. The number of amides is 1. The number of aromatic hydroxyl groups is 1. The van der Waals surface area contributed by atoms with Crippen LogP contribution in [0.15, 0.2) is 101 Å². The number of anilines is 1. The van der Waals surface area contributed by atoms with Crippen LogP contribution in [-0.2, 0) is 11.3 Å². The smallest absolute Gasteiger partial charge is 0.253 e. The number of nitrogens with one attached hydrogen (secondary N) is 2. The van der Waals surface area contributed by atoms with Crippen molar-refractivity contribution < 1.29 is 14.6 Å². The van der Waals surface area contributed by atoms with Crippen molar-refractivity contribution in [1.82, 2.24) is 20.2 Å². The van der Waals surface area contributed by atoms with Gasteiger partial charge in [0, 0.05) is 16.8 Å². The average Bonchev–Trinajstić information content (AvgIpc) is 3.39. The van der Waals surface area contributed by atoms with E-state index in [0.29, 0.717) is 28.8 Å². The van der Waals surface area contributed by atoms with E-state index in [1.165, 1.54) is 31.2 Å². The van der Waals surface area contributed by atoms with E-state index >= 15 is 0 Å². The fourth-order valence-electron chi connectivity index (χ4n) is 4.13. The third kappa shape index (κ3) is 6.08. The Labute approximate surface area is 235 Å². The van der Waals surface area contributed by atoms with Crippen LogP contribution in [0.1, 0.15) is 18.3 Å². The summed E-state index contributed by atoms with van der Waals surface area (Å²) in [5.74, 6) is 0.784. The summed E-state index contributed by atoms with van der Waals surface area (Å²) in [4.78, 5) is 12.8. The van der Waals surface area contributed by atoms with Gasteiger partial charge in [0.05, 0.1) is 25.1 Å². The molecule has 0 fully saturated rings. The highest BCUT2D eigenvalue weighted by Gasteiger charge is 2.21. The summed E-state index contributed by atoms with van der Waals surface area (Å²) in [6.07, 6.45) is 1.49. The summed E-state index contributed by atoms with van der Waals surface area (Å²) in [6.45, 7) is 2.23. The molecule has 202 valence electrons. The molecule has 0 saturated carbocycles. The van der Waals surface area contributed by atoms with Gasteiger partial charge in [-0.05, 0) is 54.3 Å². The molecule has 0 bridgehead atoms. The van der Waals surface area contributed by atoms with Crippen molar-refractivity contribution in [3.05, 3.63) is 102 Å². The number of carbonyl (C=O) groups excluding carboxylic acids is 1. The Bertz CT molecular complexity index is 1650. The Morgan fingerprint density at radius 2 is 1.82 bits per heavy atom. The summed E-state index contributed by atoms with van der Waals surface area (Å²) in [5.41, 5.74) is 5.14. The molecule has 0 aliphatic carbocycles. The van der Waals surface area contributed by atoms with Crippen molar-refractivity contribution in [2.24, 2.45) is 5.10 Å². The number of nitrogens with zero attached hydrogens (tertiary/aromatic N) is 4. The van der Waals surface area contributed by atoms with E-state index in [0.717, 1.165) is 22.1 Å². The summed E-state index contributed by atoms with van der Waals surface area (Å²) < 4.78 is 7.06. The standard InChI is InChI=1S/C30H28N6O3S/c1-20(29(38)34-32-18-21-15-16-26(37)27(17-21)39-2)40-30-35-33-28(36(30)23-11-4-3-5-12-23)19-31-25-14-8-10-22-9-6-7-13-24(22)25/h3-18,20,31,37H,19H2,1-2H3,(H,34,38)/b32-18-/t20-/m1/s1. The Balaban J connectivity index is 1.31. The molecule has 0 radical (unpaired) electrons. The van der Waals surface area contributed by atoms with Gasteiger partial charge in [0.2, 0.25) is 0 Å². The van der Waals surface area contributed by atoms with Gasteiger partial charge in [-0.2, -0.15) is 5.10 Å². The Kier molecular flexibility index (Phi) is 8.26. The van der Waals surface area contributed by atoms with E-state index in [1.54, 1.807) is 19.1 Å². The van der Waals surface area contributed by atoms with Crippen LogP contribution in [0.4, 0.5) is 5.69 Å². The van der Waals surface area contributed by atoms with E-state index in [9.17, 15) is 9.90 Å². The number of para-hydroxylation sites is 1. The van der Waals surface area contributed by atoms with E-state index in [2.05, 4.69) is 44.2 Å². The van der Waals surface area contributed by atoms with E-state index < -0.39 is 5.25 Å². The molecular formula is C30H28N6O3S. The third-order valence-corrected chi connectivity index (χ3v) is 7.23. The quantitative estimate of drug-likeness (QED) is 0.121. The number of phenolic OH excluding ortho intramolecular Hbond substituents is 1. The average molecular weight is 553 g/mol. The summed E-state index contributed by atoms with van der Waals surface area (Å²) in [5, 5.41) is 28.6. The highest BCUT2D eigenvalue weighted by atomic mass is 32.2. The second-order valence-corrected chi connectivity index (χ2v) is 10.2. The molecule has 1 amide bonds. The van der Waals surface area contributed by atoms with Crippen LogP contribution in [0.25, 0.3) is 16.5 Å². The first-order valence-electron chi connectivity index (χ1n) is 12.6.